The van der Waals surface area contributed by atoms with E-state index in [1.54, 1.807) is 25.7 Å². The molecule has 10 nitrogen and oxygen atoms in total. The van der Waals surface area contributed by atoms with Crippen molar-refractivity contribution in [3.05, 3.63) is 108 Å². The first-order valence-corrected chi connectivity index (χ1v) is 16.6. The summed E-state index contributed by atoms with van der Waals surface area (Å²) in [6, 6.07) is 27.8. The summed E-state index contributed by atoms with van der Waals surface area (Å²) in [5.74, 6) is -0.649. The number of amides is 2. The van der Waals surface area contributed by atoms with E-state index in [1.807, 2.05) is 112 Å². The van der Waals surface area contributed by atoms with E-state index in [2.05, 4.69) is 5.32 Å². The monoisotopic (exact) mass is 676 g/mol. The maximum absolute atomic E-state index is 13.4. The maximum atomic E-state index is 13.4. The lowest BCUT2D eigenvalue weighted by atomic mass is 9.99. The fraction of sp³-hybridized carbons (Fsp3) is 0.462. The molecule has 49 heavy (non-hydrogen) atoms. The normalized spacial score (nSPS) is 13.4. The molecular formula is C39H52N2O8. The van der Waals surface area contributed by atoms with Crippen LogP contribution in [-0.4, -0.2) is 66.2 Å². The van der Waals surface area contributed by atoms with Crippen molar-refractivity contribution in [1.82, 2.24) is 10.2 Å². The number of benzene rings is 3. The Bertz CT molecular complexity index is 1420. The molecule has 3 aromatic carbocycles. The van der Waals surface area contributed by atoms with Crippen LogP contribution in [0.5, 0.6) is 0 Å². The van der Waals surface area contributed by atoms with Gasteiger partial charge >= 0.3 is 18.2 Å². The summed E-state index contributed by atoms with van der Waals surface area (Å²) < 4.78 is 29.2. The van der Waals surface area contributed by atoms with Crippen molar-refractivity contribution in [2.24, 2.45) is 0 Å². The second-order valence-electron chi connectivity index (χ2n) is 13.8. The van der Waals surface area contributed by atoms with E-state index in [1.165, 1.54) is 7.11 Å². The minimum absolute atomic E-state index is 0.106. The number of esters is 1. The van der Waals surface area contributed by atoms with Crippen LogP contribution in [0.15, 0.2) is 91.0 Å². The Hall–Kier alpha value is -4.41. The molecule has 0 heterocycles. The Morgan fingerprint density at radius 3 is 1.67 bits per heavy atom. The van der Waals surface area contributed by atoms with Crippen molar-refractivity contribution in [3.63, 3.8) is 0 Å². The predicted octanol–water partition coefficient (Wildman–Crippen LogP) is 7.44. The smallest absolute Gasteiger partial charge is 0.410 e. The number of nitrogens with one attached hydrogen (secondary N) is 1. The van der Waals surface area contributed by atoms with Gasteiger partial charge in [-0.05, 0) is 71.1 Å². The largest absolute Gasteiger partial charge is 0.467 e. The SMILES string of the molecule is COC(=O)[C@H](OCc1ccccc1)[C@H](OCc1ccccc1)[C@H](CCCN(Cc1ccccc1)C(=O)OC(C)(C)C)NC(=O)OC(C)(C)C. The molecule has 0 fully saturated rings. The van der Waals surface area contributed by atoms with Gasteiger partial charge in [-0.3, -0.25) is 0 Å². The van der Waals surface area contributed by atoms with Crippen molar-refractivity contribution in [2.75, 3.05) is 13.7 Å². The summed E-state index contributed by atoms with van der Waals surface area (Å²) in [7, 11) is 1.29. The summed E-state index contributed by atoms with van der Waals surface area (Å²) >= 11 is 0. The van der Waals surface area contributed by atoms with Crippen LogP contribution < -0.4 is 5.32 Å². The number of carbonyl (C=O) groups excluding carboxylic acids is 3. The topological polar surface area (TPSA) is 113 Å². The number of alkyl carbamates (subject to hydrolysis) is 1. The van der Waals surface area contributed by atoms with Crippen LogP contribution in [0.2, 0.25) is 0 Å². The van der Waals surface area contributed by atoms with E-state index >= 15 is 0 Å². The van der Waals surface area contributed by atoms with E-state index in [0.717, 1.165) is 16.7 Å². The average Bonchev–Trinajstić information content (AvgIpc) is 3.04. The molecule has 3 rings (SSSR count). The highest BCUT2D eigenvalue weighted by Gasteiger charge is 2.39. The molecule has 266 valence electrons. The standard InChI is InChI=1S/C39H52N2O8/c1-38(2,3)48-36(43)40-32(24-17-25-41(37(44)49-39(4,5)6)26-29-18-11-8-12-19-29)33(46-27-30-20-13-9-14-21-30)34(35(42)45-7)47-28-31-22-15-10-16-23-31/h8-16,18-23,32-34H,17,24-28H2,1-7H3,(H,40,43)/t32-,33+,34+/m0/s1. The Morgan fingerprint density at radius 1 is 0.694 bits per heavy atom. The quantitative estimate of drug-likeness (QED) is 0.123. The third kappa shape index (κ3) is 14.7. The highest BCUT2D eigenvalue weighted by molar-refractivity contribution is 5.76. The van der Waals surface area contributed by atoms with E-state index in [9.17, 15) is 14.4 Å². The molecule has 2 amide bonds. The highest BCUT2D eigenvalue weighted by Crippen LogP contribution is 2.21. The highest BCUT2D eigenvalue weighted by atomic mass is 16.6. The van der Waals surface area contributed by atoms with Crippen molar-refractivity contribution >= 4 is 18.2 Å². The van der Waals surface area contributed by atoms with Crippen LogP contribution in [0.3, 0.4) is 0 Å². The zero-order chi connectivity index (χ0) is 35.9. The van der Waals surface area contributed by atoms with E-state index in [-0.39, 0.29) is 13.2 Å². The maximum Gasteiger partial charge on any atom is 0.410 e. The third-order valence-corrected chi connectivity index (χ3v) is 7.20. The van der Waals surface area contributed by atoms with Gasteiger partial charge in [0.15, 0.2) is 6.10 Å². The fourth-order valence-electron chi connectivity index (χ4n) is 5.00. The molecule has 0 aromatic heterocycles. The first kappa shape index (κ1) is 39.0. The minimum atomic E-state index is -1.21. The number of hydrogen-bond acceptors (Lipinski definition) is 8. The third-order valence-electron chi connectivity index (χ3n) is 7.20. The van der Waals surface area contributed by atoms with Gasteiger partial charge < -0.3 is 33.9 Å². The number of nitrogens with zero attached hydrogens (tertiary/aromatic N) is 1. The fourth-order valence-corrected chi connectivity index (χ4v) is 5.00. The lowest BCUT2D eigenvalue weighted by Gasteiger charge is -2.34. The Morgan fingerprint density at radius 2 is 1.18 bits per heavy atom. The Labute approximate surface area is 291 Å². The van der Waals surface area contributed by atoms with Crippen molar-refractivity contribution in [2.45, 2.75) is 104 Å². The number of methoxy groups -OCH3 is 1. The van der Waals surface area contributed by atoms with Crippen molar-refractivity contribution in [3.8, 4) is 0 Å². The van der Waals surface area contributed by atoms with Crippen LogP contribution in [0, 0.1) is 0 Å². The van der Waals surface area contributed by atoms with Gasteiger partial charge in [0.1, 0.15) is 17.3 Å². The van der Waals surface area contributed by atoms with Crippen LogP contribution in [0.25, 0.3) is 0 Å². The van der Waals surface area contributed by atoms with Gasteiger partial charge in [0.05, 0.1) is 26.4 Å². The zero-order valence-electron chi connectivity index (χ0n) is 29.8. The molecule has 3 atom stereocenters. The predicted molar refractivity (Wildman–Crippen MR) is 188 cm³/mol. The number of hydrogen-bond donors (Lipinski definition) is 1. The summed E-state index contributed by atoms with van der Waals surface area (Å²) in [6.07, 6.45) is -2.61. The average molecular weight is 677 g/mol. The molecule has 0 saturated heterocycles. The lowest BCUT2D eigenvalue weighted by molar-refractivity contribution is -0.171. The summed E-state index contributed by atoms with van der Waals surface area (Å²) in [5.41, 5.74) is 1.20. The molecule has 0 radical (unpaired) electrons. The van der Waals surface area contributed by atoms with Crippen LogP contribution in [-0.2, 0) is 48.2 Å². The van der Waals surface area contributed by atoms with Gasteiger partial charge in [-0.2, -0.15) is 0 Å². The van der Waals surface area contributed by atoms with Crippen LogP contribution in [0.4, 0.5) is 9.59 Å². The number of rotatable bonds is 16. The van der Waals surface area contributed by atoms with Gasteiger partial charge in [-0.1, -0.05) is 91.0 Å². The summed E-state index contributed by atoms with van der Waals surface area (Å²) in [5, 5.41) is 2.95. The first-order chi connectivity index (χ1) is 23.2. The molecule has 0 aliphatic heterocycles. The lowest BCUT2D eigenvalue weighted by Crippen LogP contribution is -2.54. The zero-order valence-corrected chi connectivity index (χ0v) is 29.8. The molecule has 0 unspecified atom stereocenters. The first-order valence-electron chi connectivity index (χ1n) is 16.6. The molecular weight excluding hydrogens is 624 g/mol. The van der Waals surface area contributed by atoms with Crippen LogP contribution in [0.1, 0.15) is 71.1 Å². The minimum Gasteiger partial charge on any atom is -0.467 e. The molecule has 3 aromatic rings. The summed E-state index contributed by atoms with van der Waals surface area (Å²) in [6.45, 7) is 11.7. The number of ether oxygens (including phenoxy) is 5. The molecule has 10 heteroatoms. The molecule has 0 spiro atoms. The second kappa shape index (κ2) is 19.0. The van der Waals surface area contributed by atoms with Gasteiger partial charge in [-0.25, -0.2) is 14.4 Å². The van der Waals surface area contributed by atoms with Crippen molar-refractivity contribution in [1.29, 1.82) is 0 Å². The molecule has 0 saturated carbocycles. The summed E-state index contributed by atoms with van der Waals surface area (Å²) in [4.78, 5) is 41.6. The van der Waals surface area contributed by atoms with Crippen LogP contribution >= 0.6 is 0 Å². The molecule has 1 N–H and O–H groups in total. The van der Waals surface area contributed by atoms with E-state index < -0.39 is 47.6 Å². The van der Waals surface area contributed by atoms with Gasteiger partial charge in [0.25, 0.3) is 0 Å². The molecule has 0 aliphatic carbocycles. The molecule has 0 aliphatic rings. The van der Waals surface area contributed by atoms with Gasteiger partial charge in [-0.15, -0.1) is 0 Å². The Balaban J connectivity index is 1.94. The molecule has 0 bridgehead atoms. The van der Waals surface area contributed by atoms with E-state index in [4.69, 9.17) is 23.7 Å². The second-order valence-corrected chi connectivity index (χ2v) is 13.8. The van der Waals surface area contributed by atoms with Gasteiger partial charge in [0, 0.05) is 13.1 Å². The number of carbonyl (C=O) groups is 3. The Kier molecular flexibility index (Phi) is 15.1. The van der Waals surface area contributed by atoms with Gasteiger partial charge in [0.2, 0.25) is 0 Å². The van der Waals surface area contributed by atoms with E-state index in [0.29, 0.717) is 25.9 Å². The van der Waals surface area contributed by atoms with Crippen molar-refractivity contribution < 1.29 is 38.1 Å².